The number of aromatic nitrogens is 2. The molecule has 16 heavy (non-hydrogen) atoms. The fraction of sp³-hybridized carbons (Fsp3) is 0.667. The number of halogens is 1. The van der Waals surface area contributed by atoms with Crippen molar-refractivity contribution < 1.29 is 0 Å². The molecule has 2 aliphatic rings. The number of hydrogen-bond acceptors (Lipinski definition) is 3. The van der Waals surface area contributed by atoms with Gasteiger partial charge in [0.25, 0.3) is 0 Å². The molecule has 0 unspecified atom stereocenters. The molecular weight excluding hydrogens is 222 g/mol. The average Bonchev–Trinajstić information content (AvgIpc) is 3.11. The Hall–Kier alpha value is -0.830. The Morgan fingerprint density at radius 2 is 2.00 bits per heavy atom. The largest absolute Gasteiger partial charge is 0.367 e. The second kappa shape index (κ2) is 3.59. The van der Waals surface area contributed by atoms with Gasteiger partial charge in [0.05, 0.1) is 0 Å². The van der Waals surface area contributed by atoms with E-state index in [-0.39, 0.29) is 0 Å². The van der Waals surface area contributed by atoms with Gasteiger partial charge in [-0.1, -0.05) is 18.5 Å². The summed E-state index contributed by atoms with van der Waals surface area (Å²) in [5.74, 6) is 3.10. The van der Waals surface area contributed by atoms with Gasteiger partial charge in [0.15, 0.2) is 0 Å². The van der Waals surface area contributed by atoms with Crippen LogP contribution in [0.5, 0.6) is 0 Å². The lowest BCUT2D eigenvalue weighted by molar-refractivity contribution is 0.837. The van der Waals surface area contributed by atoms with E-state index in [2.05, 4.69) is 22.2 Å². The van der Waals surface area contributed by atoms with Crippen LogP contribution in [0.25, 0.3) is 0 Å². The lowest BCUT2D eigenvalue weighted by Crippen LogP contribution is -2.08. The maximum absolute atomic E-state index is 6.15. The van der Waals surface area contributed by atoms with Crippen molar-refractivity contribution in [2.75, 3.05) is 5.32 Å². The normalized spacial score (nSPS) is 27.9. The highest BCUT2D eigenvalue weighted by Crippen LogP contribution is 2.46. The van der Waals surface area contributed by atoms with Crippen molar-refractivity contribution in [3.8, 4) is 0 Å². The third-order valence-corrected chi connectivity index (χ3v) is 3.83. The molecule has 0 bridgehead atoms. The van der Waals surface area contributed by atoms with Gasteiger partial charge in [-0.05, 0) is 32.1 Å². The van der Waals surface area contributed by atoms with Gasteiger partial charge in [-0.15, -0.1) is 0 Å². The smallest absolute Gasteiger partial charge is 0.137 e. The highest BCUT2D eigenvalue weighted by atomic mass is 35.5. The summed E-state index contributed by atoms with van der Waals surface area (Å²) in [5.41, 5.74) is 0.977. The van der Waals surface area contributed by atoms with E-state index >= 15 is 0 Å². The molecule has 2 fully saturated rings. The number of hydrogen-bond donors (Lipinski definition) is 1. The SMILES string of the molecule is Cc1c(Cl)nc([C@H]2C[C@H]2C)nc1NC1CC1. The zero-order valence-corrected chi connectivity index (χ0v) is 10.4. The molecule has 0 aliphatic heterocycles. The van der Waals surface area contributed by atoms with Gasteiger partial charge in [0, 0.05) is 17.5 Å². The first-order chi connectivity index (χ1) is 7.65. The Kier molecular flexibility index (Phi) is 2.32. The highest BCUT2D eigenvalue weighted by Gasteiger charge is 2.37. The van der Waals surface area contributed by atoms with E-state index < -0.39 is 0 Å². The standard InChI is InChI=1S/C12H16ClN3/c1-6-5-9(6)12-15-10(13)7(2)11(16-12)14-8-3-4-8/h6,8-9H,3-5H2,1-2H3,(H,14,15,16)/t6-,9+/m1/s1. The van der Waals surface area contributed by atoms with Crippen LogP contribution in [0.2, 0.25) is 5.15 Å². The molecule has 0 saturated heterocycles. The van der Waals surface area contributed by atoms with Gasteiger partial charge in [-0.2, -0.15) is 0 Å². The molecule has 1 heterocycles. The van der Waals surface area contributed by atoms with Gasteiger partial charge in [-0.25, -0.2) is 9.97 Å². The molecule has 0 amide bonds. The van der Waals surface area contributed by atoms with Gasteiger partial charge in [0.1, 0.15) is 16.8 Å². The zero-order chi connectivity index (χ0) is 11.3. The van der Waals surface area contributed by atoms with Crippen LogP contribution in [0, 0.1) is 12.8 Å². The van der Waals surface area contributed by atoms with Crippen molar-refractivity contribution in [2.45, 2.75) is 45.1 Å². The maximum Gasteiger partial charge on any atom is 0.137 e. The number of nitrogens with zero attached hydrogens (tertiary/aromatic N) is 2. The summed E-state index contributed by atoms with van der Waals surface area (Å²) in [6.07, 6.45) is 3.69. The summed E-state index contributed by atoms with van der Waals surface area (Å²) in [6, 6.07) is 0.606. The number of rotatable bonds is 3. The molecule has 3 nitrogen and oxygen atoms in total. The zero-order valence-electron chi connectivity index (χ0n) is 9.63. The van der Waals surface area contributed by atoms with Crippen LogP contribution in [0.1, 0.15) is 43.5 Å². The summed E-state index contributed by atoms with van der Waals surface area (Å²) < 4.78 is 0. The van der Waals surface area contributed by atoms with E-state index in [1.165, 1.54) is 19.3 Å². The first-order valence-electron chi connectivity index (χ1n) is 5.95. The van der Waals surface area contributed by atoms with Crippen molar-refractivity contribution >= 4 is 17.4 Å². The van der Waals surface area contributed by atoms with E-state index in [0.29, 0.717) is 23.0 Å². The Morgan fingerprint density at radius 1 is 1.31 bits per heavy atom. The molecule has 3 rings (SSSR count). The van der Waals surface area contributed by atoms with Crippen molar-refractivity contribution in [2.24, 2.45) is 5.92 Å². The van der Waals surface area contributed by atoms with Gasteiger partial charge >= 0.3 is 0 Å². The van der Waals surface area contributed by atoms with Crippen LogP contribution in [0.15, 0.2) is 0 Å². The number of nitrogens with one attached hydrogen (secondary N) is 1. The van der Waals surface area contributed by atoms with Crippen molar-refractivity contribution in [3.05, 3.63) is 16.5 Å². The molecular formula is C12H16ClN3. The summed E-state index contributed by atoms with van der Waals surface area (Å²) in [7, 11) is 0. The van der Waals surface area contributed by atoms with Crippen LogP contribution in [-0.2, 0) is 0 Å². The first kappa shape index (κ1) is 10.3. The van der Waals surface area contributed by atoms with Crippen molar-refractivity contribution in [1.82, 2.24) is 9.97 Å². The maximum atomic E-state index is 6.15. The lowest BCUT2D eigenvalue weighted by Gasteiger charge is -2.10. The summed E-state index contributed by atoms with van der Waals surface area (Å²) in [5, 5.41) is 4.03. The van der Waals surface area contributed by atoms with E-state index in [9.17, 15) is 0 Å². The number of anilines is 1. The van der Waals surface area contributed by atoms with E-state index in [1.54, 1.807) is 0 Å². The van der Waals surface area contributed by atoms with Crippen molar-refractivity contribution in [1.29, 1.82) is 0 Å². The monoisotopic (exact) mass is 237 g/mol. The van der Waals surface area contributed by atoms with E-state index in [1.807, 2.05) is 6.92 Å². The Bertz CT molecular complexity index is 429. The fourth-order valence-electron chi connectivity index (χ4n) is 1.91. The Balaban J connectivity index is 1.91. The van der Waals surface area contributed by atoms with Crippen LogP contribution in [0.4, 0.5) is 5.82 Å². The second-order valence-corrected chi connectivity index (χ2v) is 5.44. The van der Waals surface area contributed by atoms with Gasteiger partial charge < -0.3 is 5.32 Å². The molecule has 4 heteroatoms. The molecule has 0 radical (unpaired) electrons. The van der Waals surface area contributed by atoms with Gasteiger partial charge in [0.2, 0.25) is 0 Å². The Morgan fingerprint density at radius 3 is 2.56 bits per heavy atom. The highest BCUT2D eigenvalue weighted by molar-refractivity contribution is 6.30. The molecule has 0 spiro atoms. The van der Waals surface area contributed by atoms with Crippen LogP contribution in [-0.4, -0.2) is 16.0 Å². The predicted molar refractivity (Wildman–Crippen MR) is 64.9 cm³/mol. The lowest BCUT2D eigenvalue weighted by atomic mass is 10.3. The summed E-state index contributed by atoms with van der Waals surface area (Å²) in [6.45, 7) is 4.21. The topological polar surface area (TPSA) is 37.8 Å². The van der Waals surface area contributed by atoms with E-state index in [4.69, 9.17) is 11.6 Å². The van der Waals surface area contributed by atoms with Crippen LogP contribution >= 0.6 is 11.6 Å². The molecule has 0 aromatic carbocycles. The third kappa shape index (κ3) is 1.88. The first-order valence-corrected chi connectivity index (χ1v) is 6.33. The molecule has 2 saturated carbocycles. The van der Waals surface area contributed by atoms with Crippen LogP contribution in [0.3, 0.4) is 0 Å². The minimum Gasteiger partial charge on any atom is -0.367 e. The quantitative estimate of drug-likeness (QED) is 0.821. The molecule has 2 atom stereocenters. The molecule has 86 valence electrons. The molecule has 2 aliphatic carbocycles. The average molecular weight is 238 g/mol. The van der Waals surface area contributed by atoms with Crippen molar-refractivity contribution in [3.63, 3.8) is 0 Å². The molecule has 1 N–H and O–H groups in total. The van der Waals surface area contributed by atoms with E-state index in [0.717, 1.165) is 17.2 Å². The predicted octanol–water partition coefficient (Wildman–Crippen LogP) is 3.14. The fourth-order valence-corrected chi connectivity index (χ4v) is 2.09. The minimum atomic E-state index is 0.526. The molecule has 1 aromatic heterocycles. The summed E-state index contributed by atoms with van der Waals surface area (Å²) in [4.78, 5) is 9.01. The summed E-state index contributed by atoms with van der Waals surface area (Å²) >= 11 is 6.15. The minimum absolute atomic E-state index is 0.526. The van der Waals surface area contributed by atoms with Gasteiger partial charge in [-0.3, -0.25) is 0 Å². The van der Waals surface area contributed by atoms with Crippen LogP contribution < -0.4 is 5.32 Å². The Labute approximate surface area is 101 Å². The second-order valence-electron chi connectivity index (χ2n) is 5.08. The third-order valence-electron chi connectivity index (χ3n) is 3.46. The molecule has 1 aromatic rings.